The molecular formula is C28H27ClN2O4. The zero-order valence-corrected chi connectivity index (χ0v) is 20.6. The Morgan fingerprint density at radius 2 is 1.86 bits per heavy atom. The van der Waals surface area contributed by atoms with Gasteiger partial charge in [-0.1, -0.05) is 43.6 Å². The molecule has 0 saturated carbocycles. The topological polar surface area (TPSA) is 79.7 Å². The van der Waals surface area contributed by atoms with Crippen LogP contribution in [0.15, 0.2) is 72.4 Å². The minimum Gasteiger partial charge on any atom is -0.507 e. The molecule has 1 amide bonds. The van der Waals surface area contributed by atoms with Crippen LogP contribution >= 0.6 is 11.6 Å². The van der Waals surface area contributed by atoms with Crippen LogP contribution in [-0.2, 0) is 16.1 Å². The van der Waals surface area contributed by atoms with Crippen LogP contribution in [0, 0.1) is 12.8 Å². The van der Waals surface area contributed by atoms with Gasteiger partial charge in [0.05, 0.1) is 30.5 Å². The van der Waals surface area contributed by atoms with E-state index in [9.17, 15) is 14.7 Å². The summed E-state index contributed by atoms with van der Waals surface area (Å²) in [6.07, 6.45) is 1.63. The van der Waals surface area contributed by atoms with Crippen LogP contribution in [0.5, 0.6) is 5.75 Å². The molecule has 7 heteroatoms. The van der Waals surface area contributed by atoms with Crippen molar-refractivity contribution < 1.29 is 19.4 Å². The largest absolute Gasteiger partial charge is 0.507 e. The molecule has 3 aromatic rings. The van der Waals surface area contributed by atoms with E-state index in [1.807, 2.05) is 13.0 Å². The highest BCUT2D eigenvalue weighted by Gasteiger charge is 2.46. The van der Waals surface area contributed by atoms with Crippen molar-refractivity contribution in [2.24, 2.45) is 5.92 Å². The number of hydrogen-bond acceptors (Lipinski definition) is 5. The van der Waals surface area contributed by atoms with E-state index >= 15 is 0 Å². The van der Waals surface area contributed by atoms with Crippen LogP contribution in [-0.4, -0.2) is 33.3 Å². The van der Waals surface area contributed by atoms with Gasteiger partial charge in [0.2, 0.25) is 0 Å². The van der Waals surface area contributed by atoms with Gasteiger partial charge >= 0.3 is 0 Å². The standard InChI is InChI=1S/C28H27ClN2O4/c1-17(2)16-35-23-12-9-20(14-18(23)3)26(32)24-25(19-7-10-21(29)11-8-19)31(28(34)27(24)33)15-22-6-4-5-13-30-22/h4-14,17,25,32H,15-16H2,1-3H3/b26-24-. The first-order chi connectivity index (χ1) is 16.8. The van der Waals surface area contributed by atoms with E-state index in [-0.39, 0.29) is 17.9 Å². The van der Waals surface area contributed by atoms with Gasteiger partial charge in [-0.15, -0.1) is 0 Å². The van der Waals surface area contributed by atoms with Crippen LogP contribution in [0.25, 0.3) is 5.76 Å². The lowest BCUT2D eigenvalue weighted by molar-refractivity contribution is -0.140. The van der Waals surface area contributed by atoms with E-state index in [0.717, 1.165) is 5.56 Å². The Kier molecular flexibility index (Phi) is 7.22. The van der Waals surface area contributed by atoms with Gasteiger partial charge in [-0.25, -0.2) is 0 Å². The van der Waals surface area contributed by atoms with Gasteiger partial charge in [-0.3, -0.25) is 14.6 Å². The first-order valence-electron chi connectivity index (χ1n) is 11.4. The molecule has 1 aliphatic rings. The van der Waals surface area contributed by atoms with E-state index in [1.165, 1.54) is 4.90 Å². The first-order valence-corrected chi connectivity index (χ1v) is 11.8. The lowest BCUT2D eigenvalue weighted by Gasteiger charge is -2.25. The number of pyridine rings is 1. The fraction of sp³-hybridized carbons (Fsp3) is 0.250. The molecule has 2 aromatic carbocycles. The molecule has 1 N–H and O–H groups in total. The van der Waals surface area contributed by atoms with Crippen molar-refractivity contribution in [1.82, 2.24) is 9.88 Å². The summed E-state index contributed by atoms with van der Waals surface area (Å²) >= 11 is 6.08. The molecule has 1 saturated heterocycles. The molecule has 6 nitrogen and oxygen atoms in total. The van der Waals surface area contributed by atoms with Gasteiger partial charge in [0.15, 0.2) is 0 Å². The number of benzene rings is 2. The Balaban J connectivity index is 1.78. The number of aromatic nitrogens is 1. The number of ketones is 1. The van der Waals surface area contributed by atoms with E-state index in [2.05, 4.69) is 18.8 Å². The van der Waals surface area contributed by atoms with Gasteiger partial charge in [0.25, 0.3) is 11.7 Å². The zero-order chi connectivity index (χ0) is 25.1. The number of Topliss-reactive ketones (excluding diaryl/α,β-unsaturated/α-hetero) is 1. The number of carbonyl (C=O) groups excluding carboxylic acids is 2. The molecule has 35 heavy (non-hydrogen) atoms. The smallest absolute Gasteiger partial charge is 0.296 e. The Labute approximate surface area is 209 Å². The van der Waals surface area contributed by atoms with Gasteiger partial charge in [0.1, 0.15) is 11.5 Å². The highest BCUT2D eigenvalue weighted by molar-refractivity contribution is 6.46. The third-order valence-electron chi connectivity index (χ3n) is 5.80. The Morgan fingerprint density at radius 3 is 2.49 bits per heavy atom. The molecule has 0 radical (unpaired) electrons. The first kappa shape index (κ1) is 24.5. The highest BCUT2D eigenvalue weighted by Crippen LogP contribution is 2.40. The van der Waals surface area contributed by atoms with Crippen LogP contribution in [0.2, 0.25) is 5.02 Å². The van der Waals surface area contributed by atoms with E-state index in [0.29, 0.717) is 40.1 Å². The second kappa shape index (κ2) is 10.3. The van der Waals surface area contributed by atoms with Crippen molar-refractivity contribution in [2.45, 2.75) is 33.4 Å². The van der Waals surface area contributed by atoms with E-state index < -0.39 is 17.7 Å². The fourth-order valence-corrected chi connectivity index (χ4v) is 4.20. The van der Waals surface area contributed by atoms with Gasteiger partial charge < -0.3 is 14.7 Å². The molecule has 0 aliphatic carbocycles. The molecule has 1 atom stereocenters. The predicted octanol–water partition coefficient (Wildman–Crippen LogP) is 5.70. The third kappa shape index (κ3) is 5.23. The normalized spacial score (nSPS) is 17.3. The van der Waals surface area contributed by atoms with Crippen LogP contribution in [0.1, 0.15) is 42.3 Å². The quantitative estimate of drug-likeness (QED) is 0.261. The molecule has 4 rings (SSSR count). The second-order valence-electron chi connectivity index (χ2n) is 8.98. The van der Waals surface area contributed by atoms with Crippen molar-refractivity contribution in [3.05, 3.63) is 99.8 Å². The molecule has 1 aromatic heterocycles. The van der Waals surface area contributed by atoms with Crippen LogP contribution < -0.4 is 4.74 Å². The van der Waals surface area contributed by atoms with Gasteiger partial charge in [-0.2, -0.15) is 0 Å². The third-order valence-corrected chi connectivity index (χ3v) is 6.06. The number of hydrogen-bond donors (Lipinski definition) is 1. The Morgan fingerprint density at radius 1 is 1.11 bits per heavy atom. The zero-order valence-electron chi connectivity index (χ0n) is 19.9. The maximum absolute atomic E-state index is 13.2. The number of carbonyl (C=O) groups is 2. The average Bonchev–Trinajstić information content (AvgIpc) is 3.09. The predicted molar refractivity (Wildman–Crippen MR) is 135 cm³/mol. The second-order valence-corrected chi connectivity index (χ2v) is 9.42. The molecule has 1 unspecified atom stereocenters. The molecule has 1 fully saturated rings. The van der Waals surface area contributed by atoms with Crippen LogP contribution in [0.4, 0.5) is 0 Å². The number of likely N-dealkylation sites (tertiary alicyclic amines) is 1. The molecule has 0 spiro atoms. The maximum Gasteiger partial charge on any atom is 0.296 e. The summed E-state index contributed by atoms with van der Waals surface area (Å²) in [5.41, 5.74) is 2.59. The number of rotatable bonds is 7. The van der Waals surface area contributed by atoms with Crippen molar-refractivity contribution >= 4 is 29.1 Å². The molecule has 1 aliphatic heterocycles. The van der Waals surface area contributed by atoms with Crippen molar-refractivity contribution in [3.8, 4) is 5.75 Å². The minimum atomic E-state index is -0.786. The van der Waals surface area contributed by atoms with E-state index in [4.69, 9.17) is 16.3 Å². The number of halogens is 1. The average molecular weight is 491 g/mol. The summed E-state index contributed by atoms with van der Waals surface area (Å²) in [4.78, 5) is 32.1. The number of aliphatic hydroxyl groups is 1. The molecule has 0 bridgehead atoms. The Bertz CT molecular complexity index is 1270. The van der Waals surface area contributed by atoms with Gasteiger partial charge in [-0.05, 0) is 66.4 Å². The highest BCUT2D eigenvalue weighted by atomic mass is 35.5. The Hall–Kier alpha value is -3.64. The number of aryl methyl sites for hydroxylation is 1. The summed E-state index contributed by atoms with van der Waals surface area (Å²) in [6.45, 7) is 6.70. The summed E-state index contributed by atoms with van der Waals surface area (Å²) in [7, 11) is 0. The van der Waals surface area contributed by atoms with Gasteiger partial charge in [0, 0.05) is 16.8 Å². The lowest BCUT2D eigenvalue weighted by Crippen LogP contribution is -2.29. The number of nitrogens with zero attached hydrogens (tertiary/aromatic N) is 2. The van der Waals surface area contributed by atoms with E-state index in [1.54, 1.807) is 60.8 Å². The number of aliphatic hydroxyl groups excluding tert-OH is 1. The van der Waals surface area contributed by atoms with Crippen molar-refractivity contribution in [1.29, 1.82) is 0 Å². The summed E-state index contributed by atoms with van der Waals surface area (Å²) in [5.74, 6) is -0.579. The molecule has 2 heterocycles. The van der Waals surface area contributed by atoms with Crippen molar-refractivity contribution in [3.63, 3.8) is 0 Å². The molecular weight excluding hydrogens is 464 g/mol. The summed E-state index contributed by atoms with van der Waals surface area (Å²) in [5, 5.41) is 11.8. The SMILES string of the molecule is Cc1cc(/C(O)=C2/C(=O)C(=O)N(Cc3ccccn3)C2c2ccc(Cl)cc2)ccc1OCC(C)C. The number of amides is 1. The molecule has 180 valence electrons. The lowest BCUT2D eigenvalue weighted by atomic mass is 9.94. The minimum absolute atomic E-state index is 0.0310. The summed E-state index contributed by atoms with van der Waals surface area (Å²) < 4.78 is 5.84. The monoisotopic (exact) mass is 490 g/mol. The van der Waals surface area contributed by atoms with Crippen LogP contribution in [0.3, 0.4) is 0 Å². The maximum atomic E-state index is 13.2. The van der Waals surface area contributed by atoms with Crippen molar-refractivity contribution in [2.75, 3.05) is 6.61 Å². The summed E-state index contributed by atoms with van der Waals surface area (Å²) in [6, 6.07) is 16.7. The number of ether oxygens (including phenoxy) is 1. The fourth-order valence-electron chi connectivity index (χ4n) is 4.07.